The molecule has 98 valence electrons. The van der Waals surface area contributed by atoms with Crippen LogP contribution in [0.1, 0.15) is 34.1 Å². The summed E-state index contributed by atoms with van der Waals surface area (Å²) in [5, 5.41) is 40.0. The minimum Gasteiger partial charge on any atom is -0.494 e. The van der Waals surface area contributed by atoms with Gasteiger partial charge in [-0.25, -0.2) is 0 Å². The lowest BCUT2D eigenvalue weighted by molar-refractivity contribution is 0.383. The van der Waals surface area contributed by atoms with Crippen molar-refractivity contribution in [3.8, 4) is 23.5 Å². The van der Waals surface area contributed by atoms with Gasteiger partial charge in [0.25, 0.3) is 0 Å². The molecule has 0 aromatic carbocycles. The molecule has 2 aromatic heterocycles. The Morgan fingerprint density at radius 3 is 1.68 bits per heavy atom. The van der Waals surface area contributed by atoms with Crippen LogP contribution < -0.4 is 0 Å². The number of allylic oxidation sites excluding steroid dienone is 2. The number of aromatic nitrogens is 2. The third kappa shape index (κ3) is 0.951. The highest BCUT2D eigenvalue weighted by Gasteiger charge is 2.44. The van der Waals surface area contributed by atoms with Crippen LogP contribution in [0.5, 0.6) is 23.5 Å². The van der Waals surface area contributed by atoms with Gasteiger partial charge in [0, 0.05) is 41.1 Å². The van der Waals surface area contributed by atoms with Crippen LogP contribution in [0.15, 0.2) is 12.2 Å². The Balaban J connectivity index is 2.11. The van der Waals surface area contributed by atoms with Crippen LogP contribution in [0.2, 0.25) is 0 Å². The van der Waals surface area contributed by atoms with Gasteiger partial charge in [0.05, 0.1) is 0 Å². The highest BCUT2D eigenvalue weighted by molar-refractivity contribution is 5.70. The molecule has 3 aliphatic carbocycles. The summed E-state index contributed by atoms with van der Waals surface area (Å²) in [6.45, 7) is 0. The molecule has 2 unspecified atom stereocenters. The Kier molecular flexibility index (Phi) is 1.59. The van der Waals surface area contributed by atoms with Gasteiger partial charge in [-0.3, -0.25) is 9.55 Å². The minimum absolute atomic E-state index is 0.0161. The van der Waals surface area contributed by atoms with E-state index in [1.54, 1.807) is 7.05 Å². The maximum absolute atomic E-state index is 10.1. The van der Waals surface area contributed by atoms with Crippen molar-refractivity contribution in [3.63, 3.8) is 0 Å². The van der Waals surface area contributed by atoms with Gasteiger partial charge in [0.2, 0.25) is 0 Å². The number of H-pyrrole nitrogens is 1. The Bertz CT molecular complexity index is 696. The van der Waals surface area contributed by atoms with Gasteiger partial charge in [0.15, 0.2) is 23.5 Å². The second kappa shape index (κ2) is 2.90. The van der Waals surface area contributed by atoms with Crippen molar-refractivity contribution in [2.45, 2.75) is 11.8 Å². The summed E-state index contributed by atoms with van der Waals surface area (Å²) < 4.78 is 1.31. The zero-order valence-corrected chi connectivity index (χ0v) is 10.0. The summed E-state index contributed by atoms with van der Waals surface area (Å²) in [5.41, 5.74) is 2.32. The molecule has 2 heterocycles. The van der Waals surface area contributed by atoms with Gasteiger partial charge in [-0.15, -0.1) is 0 Å². The first-order valence-electron chi connectivity index (χ1n) is 5.94. The van der Waals surface area contributed by atoms with E-state index in [2.05, 4.69) is 4.98 Å². The normalized spacial score (nSPS) is 22.6. The monoisotopic (exact) mass is 260 g/mol. The molecular weight excluding hydrogens is 248 g/mol. The Morgan fingerprint density at radius 2 is 1.26 bits per heavy atom. The number of rotatable bonds is 0. The Morgan fingerprint density at radius 1 is 0.842 bits per heavy atom. The maximum Gasteiger partial charge on any atom is 0.198 e. The van der Waals surface area contributed by atoms with Crippen LogP contribution in [-0.4, -0.2) is 30.0 Å². The molecule has 2 atom stereocenters. The topological polar surface area (TPSA) is 102 Å². The highest BCUT2D eigenvalue weighted by atomic mass is 16.3. The van der Waals surface area contributed by atoms with E-state index in [1.165, 1.54) is 4.57 Å². The van der Waals surface area contributed by atoms with E-state index < -0.39 is 0 Å². The molecule has 2 aromatic rings. The summed E-state index contributed by atoms with van der Waals surface area (Å²) in [7, 11) is 1.57. The molecule has 0 amide bonds. The van der Waals surface area contributed by atoms with E-state index in [-0.39, 0.29) is 35.4 Å². The second-order valence-electron chi connectivity index (χ2n) is 5.02. The maximum atomic E-state index is 10.1. The van der Waals surface area contributed by atoms with E-state index in [1.807, 2.05) is 12.2 Å². The number of aromatic hydroxyl groups is 4. The van der Waals surface area contributed by atoms with Gasteiger partial charge < -0.3 is 20.4 Å². The second-order valence-corrected chi connectivity index (χ2v) is 5.02. The molecule has 5 N–H and O–H groups in total. The van der Waals surface area contributed by atoms with E-state index in [0.29, 0.717) is 22.3 Å². The third-order valence-corrected chi connectivity index (χ3v) is 4.18. The Labute approximate surface area is 107 Å². The smallest absolute Gasteiger partial charge is 0.198 e. The molecule has 0 saturated carbocycles. The van der Waals surface area contributed by atoms with Crippen LogP contribution in [-0.2, 0) is 7.05 Å². The molecule has 0 spiro atoms. The molecule has 19 heavy (non-hydrogen) atoms. The average Bonchev–Trinajstić information content (AvgIpc) is 2.83. The summed E-state index contributed by atoms with van der Waals surface area (Å²) in [6.07, 6.45) is 3.73. The number of hydrogen-bond donors (Lipinski definition) is 5. The zero-order chi connectivity index (χ0) is 13.5. The molecule has 0 saturated heterocycles. The predicted molar refractivity (Wildman–Crippen MR) is 65.7 cm³/mol. The summed E-state index contributed by atoms with van der Waals surface area (Å²) in [4.78, 5) is 2.50. The van der Waals surface area contributed by atoms with Crippen LogP contribution >= 0.6 is 0 Å². The first kappa shape index (κ1) is 10.4. The summed E-state index contributed by atoms with van der Waals surface area (Å²) in [5.74, 6) is -0.950. The quantitative estimate of drug-likeness (QED) is 0.461. The molecular formula is C13H12N2O4. The first-order valence-corrected chi connectivity index (χ1v) is 5.94. The molecule has 6 heteroatoms. The van der Waals surface area contributed by atoms with E-state index in [0.717, 1.165) is 0 Å². The van der Waals surface area contributed by atoms with Gasteiger partial charge in [-0.05, 0) is 0 Å². The van der Waals surface area contributed by atoms with Gasteiger partial charge >= 0.3 is 0 Å². The minimum atomic E-state index is -0.362. The van der Waals surface area contributed by atoms with Crippen molar-refractivity contribution < 1.29 is 20.4 Å². The average molecular weight is 260 g/mol. The fourth-order valence-corrected chi connectivity index (χ4v) is 3.34. The van der Waals surface area contributed by atoms with Crippen molar-refractivity contribution in [1.82, 2.24) is 9.55 Å². The molecule has 6 nitrogen and oxygen atoms in total. The lowest BCUT2D eigenvalue weighted by atomic mass is 9.70. The van der Waals surface area contributed by atoms with Gasteiger partial charge in [-0.2, -0.15) is 0 Å². The van der Waals surface area contributed by atoms with Gasteiger partial charge in [0.1, 0.15) is 0 Å². The van der Waals surface area contributed by atoms with Crippen LogP contribution in [0.3, 0.4) is 0 Å². The number of nitrogens with one attached hydrogen (secondary N) is 1. The van der Waals surface area contributed by atoms with Crippen LogP contribution in [0, 0.1) is 0 Å². The zero-order valence-electron chi connectivity index (χ0n) is 10.0. The summed E-state index contributed by atoms with van der Waals surface area (Å²) >= 11 is 0. The molecule has 3 aliphatic rings. The fourth-order valence-electron chi connectivity index (χ4n) is 3.34. The van der Waals surface area contributed by atoms with Gasteiger partial charge in [-0.1, -0.05) is 12.2 Å². The molecule has 2 bridgehead atoms. The first-order chi connectivity index (χ1) is 9.02. The van der Waals surface area contributed by atoms with E-state index in [9.17, 15) is 20.4 Å². The fraction of sp³-hybridized carbons (Fsp3) is 0.231. The lowest BCUT2D eigenvalue weighted by Gasteiger charge is -2.31. The number of aromatic amines is 1. The standard InChI is InChI=1S/C13H12N2O4/c1-15-12(18)8-4-2-3-5(9(8)13(15)19)7-6(4)10(16)14-11(7)17/h2-5,14,16-19H,1H3. The highest BCUT2D eigenvalue weighted by Crippen LogP contribution is 2.59. The summed E-state index contributed by atoms with van der Waals surface area (Å²) in [6, 6.07) is 0. The molecule has 0 aliphatic heterocycles. The van der Waals surface area contributed by atoms with E-state index >= 15 is 0 Å². The lowest BCUT2D eigenvalue weighted by Crippen LogP contribution is -2.17. The van der Waals surface area contributed by atoms with Crippen molar-refractivity contribution >= 4 is 0 Å². The van der Waals surface area contributed by atoms with Crippen molar-refractivity contribution in [1.29, 1.82) is 0 Å². The largest absolute Gasteiger partial charge is 0.494 e. The number of hydrogen-bond acceptors (Lipinski definition) is 4. The molecule has 0 fully saturated rings. The van der Waals surface area contributed by atoms with Crippen molar-refractivity contribution in [3.05, 3.63) is 34.4 Å². The molecule has 5 rings (SSSR count). The predicted octanol–water partition coefficient (Wildman–Crippen LogP) is 1.32. The Hall–Kier alpha value is -2.50. The van der Waals surface area contributed by atoms with Crippen molar-refractivity contribution in [2.75, 3.05) is 0 Å². The number of nitrogens with zero attached hydrogens (tertiary/aromatic N) is 1. The SMILES string of the molecule is Cn1c(O)c2c(c1O)C1C=CC2c2c(O)[nH]c(O)c21. The van der Waals surface area contributed by atoms with Crippen LogP contribution in [0.4, 0.5) is 0 Å². The van der Waals surface area contributed by atoms with Crippen molar-refractivity contribution in [2.24, 2.45) is 7.05 Å². The molecule has 0 radical (unpaired) electrons. The third-order valence-electron chi connectivity index (χ3n) is 4.18. The van der Waals surface area contributed by atoms with Crippen LogP contribution in [0.25, 0.3) is 0 Å². The van der Waals surface area contributed by atoms with E-state index in [4.69, 9.17) is 0 Å².